The minimum absolute atomic E-state index is 0.0552. The fourth-order valence-corrected chi connectivity index (χ4v) is 4.82. The van der Waals surface area contributed by atoms with Crippen molar-refractivity contribution in [3.63, 3.8) is 0 Å². The minimum Gasteiger partial charge on any atom is -0.411 e. The molecule has 1 aliphatic carbocycles. The molecule has 1 saturated carbocycles. The molecule has 1 N–H and O–H groups in total. The third-order valence-electron chi connectivity index (χ3n) is 6.67. The van der Waals surface area contributed by atoms with Gasteiger partial charge in [-0.2, -0.15) is 19.0 Å². The van der Waals surface area contributed by atoms with Crippen LogP contribution < -0.4 is 0 Å². The molecule has 1 aliphatic heterocycles. The molecule has 36 heavy (non-hydrogen) atoms. The molecule has 7 rings (SSSR count). The molecule has 1 fully saturated rings. The van der Waals surface area contributed by atoms with Crippen molar-refractivity contribution in [1.29, 1.82) is 0 Å². The highest BCUT2D eigenvalue weighted by atomic mass is 19.3. The molecular weight excluding hydrogens is 472 g/mol. The van der Waals surface area contributed by atoms with Gasteiger partial charge in [0.2, 0.25) is 0 Å². The molecule has 13 heteroatoms. The van der Waals surface area contributed by atoms with Crippen molar-refractivity contribution in [2.45, 2.75) is 37.8 Å². The molecule has 0 radical (unpaired) electrons. The summed E-state index contributed by atoms with van der Waals surface area (Å²) in [6, 6.07) is 6.88. The number of halogens is 2. The Bertz CT molecular complexity index is 1600. The number of imidazole rings is 1. The number of nitrogens with one attached hydrogen (secondary N) is 1. The van der Waals surface area contributed by atoms with E-state index in [2.05, 4.69) is 31.3 Å². The lowest BCUT2D eigenvalue weighted by atomic mass is 9.99. The van der Waals surface area contributed by atoms with Crippen LogP contribution in [-0.4, -0.2) is 56.9 Å². The Morgan fingerprint density at radius 3 is 2.86 bits per heavy atom. The first kappa shape index (κ1) is 20.9. The van der Waals surface area contributed by atoms with E-state index < -0.39 is 18.5 Å². The monoisotopic (exact) mass is 491 g/mol. The van der Waals surface area contributed by atoms with E-state index in [4.69, 9.17) is 9.52 Å². The Hall–Kier alpha value is -4.42. The summed E-state index contributed by atoms with van der Waals surface area (Å²) < 4.78 is 33.6. The lowest BCUT2D eigenvalue weighted by Gasteiger charge is -2.32. The first-order valence-electron chi connectivity index (χ1n) is 11.6. The van der Waals surface area contributed by atoms with Crippen LogP contribution in [0.5, 0.6) is 0 Å². The van der Waals surface area contributed by atoms with Gasteiger partial charge in [0.05, 0.1) is 23.2 Å². The Balaban J connectivity index is 1.26. The lowest BCUT2D eigenvalue weighted by molar-refractivity contribution is 0.0566. The molecule has 0 bridgehead atoms. The van der Waals surface area contributed by atoms with E-state index in [-0.39, 0.29) is 17.5 Å². The fourth-order valence-electron chi connectivity index (χ4n) is 4.82. The van der Waals surface area contributed by atoms with Crippen molar-refractivity contribution in [2.75, 3.05) is 6.54 Å². The number of carbonyl (C=O) groups is 1. The van der Waals surface area contributed by atoms with Gasteiger partial charge in [-0.25, -0.2) is 14.2 Å². The molecule has 1 unspecified atom stereocenters. The van der Waals surface area contributed by atoms with Crippen LogP contribution in [0, 0.1) is 0 Å². The summed E-state index contributed by atoms with van der Waals surface area (Å²) in [4.78, 5) is 22.9. The maximum Gasteiger partial charge on any atom is 0.333 e. The number of amides is 1. The van der Waals surface area contributed by atoms with Crippen molar-refractivity contribution < 1.29 is 18.0 Å². The molecule has 1 atom stereocenters. The van der Waals surface area contributed by atoms with Crippen LogP contribution in [-0.2, 0) is 6.42 Å². The third kappa shape index (κ3) is 3.30. The number of alkyl halides is 2. The number of fused-ring (bicyclic) bond motifs is 2. The van der Waals surface area contributed by atoms with Gasteiger partial charge >= 0.3 is 18.3 Å². The van der Waals surface area contributed by atoms with Gasteiger partial charge in [0.25, 0.3) is 5.89 Å². The second-order valence-electron chi connectivity index (χ2n) is 8.93. The summed E-state index contributed by atoms with van der Waals surface area (Å²) in [6.07, 6.45) is 7.50. The van der Waals surface area contributed by atoms with Crippen LogP contribution in [0.4, 0.5) is 8.78 Å². The number of rotatable bonds is 5. The zero-order chi connectivity index (χ0) is 24.4. The quantitative estimate of drug-likeness (QED) is 0.400. The third-order valence-corrected chi connectivity index (χ3v) is 6.67. The number of hydrogen-bond donors (Lipinski definition) is 1. The zero-order valence-electron chi connectivity index (χ0n) is 18.8. The average Bonchev–Trinajstić information content (AvgIpc) is 3.34. The average molecular weight is 491 g/mol. The maximum absolute atomic E-state index is 13.6. The highest BCUT2D eigenvalue weighted by Crippen LogP contribution is 2.43. The first-order chi connectivity index (χ1) is 17.6. The van der Waals surface area contributed by atoms with E-state index in [1.54, 1.807) is 11.2 Å². The second kappa shape index (κ2) is 7.80. The molecule has 182 valence electrons. The molecule has 0 saturated heterocycles. The van der Waals surface area contributed by atoms with Crippen LogP contribution in [0.2, 0.25) is 0 Å². The summed E-state index contributed by atoms with van der Waals surface area (Å²) in [6.45, 7) is -2.43. The number of carbonyl (C=O) groups excluding carboxylic acids is 1. The highest BCUT2D eigenvalue weighted by molar-refractivity contribution is 5.90. The van der Waals surface area contributed by atoms with Crippen LogP contribution in [0.25, 0.3) is 17.1 Å². The van der Waals surface area contributed by atoms with Crippen molar-refractivity contribution in [1.82, 2.24) is 44.5 Å². The number of aromatic nitrogens is 8. The zero-order valence-corrected chi connectivity index (χ0v) is 18.8. The SMILES string of the molecule is O=C(c1nnc(-c2ccn(C(F)F)n2)o1)N1CCc2[nH]cnc2C1c1cc2c(C3CC3)cccn2n1. The maximum atomic E-state index is 13.6. The van der Waals surface area contributed by atoms with Crippen LogP contribution in [0.3, 0.4) is 0 Å². The smallest absolute Gasteiger partial charge is 0.333 e. The van der Waals surface area contributed by atoms with Crippen molar-refractivity contribution >= 4 is 11.4 Å². The molecule has 1 amide bonds. The Labute approximate surface area is 201 Å². The molecule has 0 spiro atoms. The minimum atomic E-state index is -2.80. The molecule has 0 aromatic carbocycles. The van der Waals surface area contributed by atoms with E-state index in [1.807, 2.05) is 22.8 Å². The number of aromatic amines is 1. The van der Waals surface area contributed by atoms with Gasteiger partial charge in [0.1, 0.15) is 11.7 Å². The predicted octanol–water partition coefficient (Wildman–Crippen LogP) is 3.36. The van der Waals surface area contributed by atoms with Crippen LogP contribution in [0.1, 0.15) is 64.7 Å². The Morgan fingerprint density at radius 1 is 1.17 bits per heavy atom. The molecule has 2 aliphatic rings. The van der Waals surface area contributed by atoms with E-state index in [1.165, 1.54) is 11.6 Å². The van der Waals surface area contributed by atoms with Gasteiger partial charge in [-0.3, -0.25) is 4.79 Å². The van der Waals surface area contributed by atoms with E-state index in [9.17, 15) is 13.6 Å². The van der Waals surface area contributed by atoms with Gasteiger partial charge in [0.15, 0.2) is 0 Å². The molecule has 6 heterocycles. The van der Waals surface area contributed by atoms with Crippen molar-refractivity contribution in [3.05, 3.63) is 71.5 Å². The lowest BCUT2D eigenvalue weighted by Crippen LogP contribution is -2.41. The number of hydrogen-bond acceptors (Lipinski definition) is 7. The molecule has 5 aromatic rings. The van der Waals surface area contributed by atoms with Crippen LogP contribution >= 0.6 is 0 Å². The van der Waals surface area contributed by atoms with Crippen LogP contribution in [0.15, 0.2) is 47.4 Å². The Kier molecular flexibility index (Phi) is 4.53. The first-order valence-corrected chi connectivity index (χ1v) is 11.6. The number of H-pyrrole nitrogens is 1. The van der Waals surface area contributed by atoms with E-state index in [0.717, 1.165) is 30.2 Å². The normalized spacial score (nSPS) is 17.8. The predicted molar refractivity (Wildman–Crippen MR) is 119 cm³/mol. The molecule has 5 aromatic heterocycles. The fraction of sp³-hybridized carbons (Fsp3) is 0.304. The highest BCUT2D eigenvalue weighted by Gasteiger charge is 2.38. The summed E-state index contributed by atoms with van der Waals surface area (Å²) >= 11 is 0. The second-order valence-corrected chi connectivity index (χ2v) is 8.93. The van der Waals surface area contributed by atoms with Gasteiger partial charge in [0, 0.05) is 31.1 Å². The van der Waals surface area contributed by atoms with Gasteiger partial charge < -0.3 is 14.3 Å². The van der Waals surface area contributed by atoms with Crippen molar-refractivity contribution in [2.24, 2.45) is 0 Å². The molecular formula is C23H19F2N9O2. The number of nitrogens with zero attached hydrogens (tertiary/aromatic N) is 8. The summed E-state index contributed by atoms with van der Waals surface area (Å²) in [5.41, 5.74) is 4.64. The van der Waals surface area contributed by atoms with E-state index >= 15 is 0 Å². The van der Waals surface area contributed by atoms with E-state index in [0.29, 0.717) is 35.0 Å². The standard InChI is InChI=1S/C23H19F2N9O2/c24-23(25)34-9-6-15(30-34)20-28-29-21(36-20)22(35)32-8-5-14-18(27-11-26-14)19(32)16-10-17-13(12-3-4-12)2-1-7-33(17)31-16/h1-2,6-7,9-12,19,23H,3-5,8H2,(H,26,27). The Morgan fingerprint density at radius 2 is 2.06 bits per heavy atom. The largest absolute Gasteiger partial charge is 0.411 e. The van der Waals surface area contributed by atoms with Gasteiger partial charge in [-0.05, 0) is 42.5 Å². The topological polar surface area (TPSA) is 123 Å². The van der Waals surface area contributed by atoms with Gasteiger partial charge in [-0.15, -0.1) is 10.2 Å². The summed E-state index contributed by atoms with van der Waals surface area (Å²) in [5, 5.41) is 16.3. The number of pyridine rings is 1. The molecule has 11 nitrogen and oxygen atoms in total. The summed E-state index contributed by atoms with van der Waals surface area (Å²) in [5.74, 6) is -0.342. The van der Waals surface area contributed by atoms with Crippen molar-refractivity contribution in [3.8, 4) is 11.6 Å². The van der Waals surface area contributed by atoms with Gasteiger partial charge in [-0.1, -0.05) is 6.07 Å². The summed E-state index contributed by atoms with van der Waals surface area (Å²) in [7, 11) is 0.